The van der Waals surface area contributed by atoms with E-state index in [-0.39, 0.29) is 24.2 Å². The van der Waals surface area contributed by atoms with Crippen molar-refractivity contribution < 1.29 is 9.59 Å². The van der Waals surface area contributed by atoms with Crippen LogP contribution in [-0.4, -0.2) is 44.0 Å². The minimum Gasteiger partial charge on any atom is -0.357 e. The normalized spacial score (nSPS) is 13.8. The molecule has 1 saturated carbocycles. The third-order valence-corrected chi connectivity index (χ3v) is 4.33. The highest BCUT2D eigenvalue weighted by atomic mass is 35.5. The zero-order chi connectivity index (χ0) is 19.6. The Morgan fingerprint density at radius 1 is 1.19 bits per heavy atom. The van der Waals surface area contributed by atoms with Gasteiger partial charge in [0.2, 0.25) is 11.8 Å². The number of hydrogen-bond donors (Lipinski definition) is 4. The van der Waals surface area contributed by atoms with E-state index in [4.69, 9.17) is 11.6 Å². The van der Waals surface area contributed by atoms with E-state index in [1.165, 1.54) is 0 Å². The van der Waals surface area contributed by atoms with Crippen molar-refractivity contribution >= 4 is 35.1 Å². The Morgan fingerprint density at radius 3 is 2.59 bits per heavy atom. The number of amides is 2. The maximum atomic E-state index is 12.1. The highest BCUT2D eigenvalue weighted by Crippen LogP contribution is 2.28. The Morgan fingerprint density at radius 2 is 1.93 bits per heavy atom. The molecule has 0 aromatic heterocycles. The molecule has 1 aliphatic rings. The van der Waals surface area contributed by atoms with Gasteiger partial charge >= 0.3 is 0 Å². The molecule has 1 aromatic carbocycles. The van der Waals surface area contributed by atoms with Crippen molar-refractivity contribution in [3.63, 3.8) is 0 Å². The van der Waals surface area contributed by atoms with Gasteiger partial charge in [-0.2, -0.15) is 0 Å². The monoisotopic (exact) mass is 393 g/mol. The second kappa shape index (κ2) is 10.8. The van der Waals surface area contributed by atoms with E-state index in [2.05, 4.69) is 26.3 Å². The number of guanidine groups is 1. The molecule has 27 heavy (non-hydrogen) atoms. The summed E-state index contributed by atoms with van der Waals surface area (Å²) in [5.41, 5.74) is 1.64. The molecule has 148 valence electrons. The fourth-order valence-electron chi connectivity index (χ4n) is 2.40. The highest BCUT2D eigenvalue weighted by molar-refractivity contribution is 6.33. The van der Waals surface area contributed by atoms with Gasteiger partial charge in [0.15, 0.2) is 5.96 Å². The zero-order valence-electron chi connectivity index (χ0n) is 15.9. The summed E-state index contributed by atoms with van der Waals surface area (Å²) in [4.78, 5) is 28.0. The van der Waals surface area contributed by atoms with Gasteiger partial charge in [-0.1, -0.05) is 17.7 Å². The molecule has 0 unspecified atom stereocenters. The molecule has 2 amide bonds. The van der Waals surface area contributed by atoms with Crippen LogP contribution < -0.4 is 21.3 Å². The van der Waals surface area contributed by atoms with Crippen LogP contribution in [0, 0.1) is 12.8 Å². The number of nitrogens with one attached hydrogen (secondary N) is 4. The number of nitrogens with zero attached hydrogens (tertiary/aromatic N) is 1. The van der Waals surface area contributed by atoms with Gasteiger partial charge in [-0.25, -0.2) is 0 Å². The summed E-state index contributed by atoms with van der Waals surface area (Å²) in [7, 11) is 0. The van der Waals surface area contributed by atoms with Gasteiger partial charge in [-0.3, -0.25) is 14.6 Å². The largest absolute Gasteiger partial charge is 0.357 e. The van der Waals surface area contributed by atoms with Gasteiger partial charge in [0, 0.05) is 32.0 Å². The number of carbonyl (C=O) groups is 2. The number of carbonyl (C=O) groups excluding carboxylic acids is 2. The number of benzene rings is 1. The third-order valence-electron chi connectivity index (χ3n) is 4.02. The molecule has 4 N–H and O–H groups in total. The minimum atomic E-state index is -0.142. The number of anilines is 1. The average Bonchev–Trinajstić information content (AvgIpc) is 3.46. The van der Waals surface area contributed by atoms with Crippen LogP contribution in [0.25, 0.3) is 0 Å². The fraction of sp³-hybridized carbons (Fsp3) is 0.526. The molecule has 0 aliphatic heterocycles. The van der Waals surface area contributed by atoms with Crippen molar-refractivity contribution in [3.05, 3.63) is 28.8 Å². The second-order valence-electron chi connectivity index (χ2n) is 6.53. The molecule has 1 aliphatic carbocycles. The van der Waals surface area contributed by atoms with E-state index < -0.39 is 0 Å². The summed E-state index contributed by atoms with van der Waals surface area (Å²) in [5.74, 6) is 0.828. The van der Waals surface area contributed by atoms with Crippen molar-refractivity contribution in [2.75, 3.05) is 31.5 Å². The maximum absolute atomic E-state index is 12.1. The summed E-state index contributed by atoms with van der Waals surface area (Å²) in [6, 6.07) is 5.50. The molecule has 1 fully saturated rings. The standard InChI is InChI=1S/C19H28ClN5O2/c1-3-21-19(24-11-10-22-18(27)14-5-6-14)23-9-8-17(26)25-16-7-4-13(2)12-15(16)20/h4,7,12,14H,3,5-6,8-11H2,1-2H3,(H,22,27)(H,25,26)(H2,21,23,24). The van der Waals surface area contributed by atoms with Crippen molar-refractivity contribution in [2.45, 2.75) is 33.1 Å². The van der Waals surface area contributed by atoms with Gasteiger partial charge in [0.25, 0.3) is 0 Å². The molecule has 8 heteroatoms. The molecule has 0 atom stereocenters. The van der Waals surface area contributed by atoms with Gasteiger partial charge < -0.3 is 21.3 Å². The molecule has 1 aromatic rings. The summed E-state index contributed by atoms with van der Waals surface area (Å²) < 4.78 is 0. The first-order chi connectivity index (χ1) is 13.0. The highest BCUT2D eigenvalue weighted by Gasteiger charge is 2.28. The topological polar surface area (TPSA) is 94.6 Å². The summed E-state index contributed by atoms with van der Waals surface area (Å²) >= 11 is 6.12. The first-order valence-corrected chi connectivity index (χ1v) is 9.73. The quantitative estimate of drug-likeness (QED) is 0.293. The van der Waals surface area contributed by atoms with Crippen LogP contribution in [0.5, 0.6) is 0 Å². The lowest BCUT2D eigenvalue weighted by Crippen LogP contribution is -2.41. The number of hydrogen-bond acceptors (Lipinski definition) is 3. The second-order valence-corrected chi connectivity index (χ2v) is 6.94. The average molecular weight is 394 g/mol. The van der Waals surface area contributed by atoms with Gasteiger partial charge in [0.05, 0.1) is 17.3 Å². The molecule has 7 nitrogen and oxygen atoms in total. The Hall–Kier alpha value is -2.28. The lowest BCUT2D eigenvalue weighted by molar-refractivity contribution is -0.122. The summed E-state index contributed by atoms with van der Waals surface area (Å²) in [6.45, 7) is 6.10. The molecule has 0 bridgehead atoms. The maximum Gasteiger partial charge on any atom is 0.226 e. The number of aryl methyl sites for hydroxylation is 1. The van der Waals surface area contributed by atoms with E-state index >= 15 is 0 Å². The summed E-state index contributed by atoms with van der Waals surface area (Å²) in [6.07, 6.45) is 2.25. The Bertz CT molecular complexity index is 689. The van der Waals surface area contributed by atoms with Crippen LogP contribution in [0.3, 0.4) is 0 Å². The van der Waals surface area contributed by atoms with Crippen molar-refractivity contribution in [1.82, 2.24) is 16.0 Å². The summed E-state index contributed by atoms with van der Waals surface area (Å²) in [5, 5.41) is 12.5. The molecule has 0 saturated heterocycles. The van der Waals surface area contributed by atoms with Crippen LogP contribution in [-0.2, 0) is 9.59 Å². The van der Waals surface area contributed by atoms with E-state index in [1.807, 2.05) is 26.0 Å². The number of aliphatic imine (C=N–C) groups is 1. The molecule has 0 radical (unpaired) electrons. The predicted molar refractivity (Wildman–Crippen MR) is 109 cm³/mol. The number of rotatable bonds is 9. The van der Waals surface area contributed by atoms with E-state index in [1.54, 1.807) is 6.07 Å². The SMILES string of the molecule is CCNC(=NCCC(=O)Nc1ccc(C)cc1Cl)NCCNC(=O)C1CC1. The predicted octanol–water partition coefficient (Wildman–Crippen LogP) is 2.06. The van der Waals surface area contributed by atoms with Gasteiger partial charge in [-0.15, -0.1) is 0 Å². The zero-order valence-corrected chi connectivity index (χ0v) is 16.7. The molecular formula is C19H28ClN5O2. The van der Waals surface area contributed by atoms with Crippen molar-refractivity contribution in [2.24, 2.45) is 10.9 Å². The Balaban J connectivity index is 1.70. The lowest BCUT2D eigenvalue weighted by Gasteiger charge is -2.12. The number of halogens is 1. The van der Waals surface area contributed by atoms with Gasteiger partial charge in [0.1, 0.15) is 0 Å². The van der Waals surface area contributed by atoms with Gasteiger partial charge in [-0.05, 0) is 44.4 Å². The first-order valence-electron chi connectivity index (χ1n) is 9.35. The molecule has 2 rings (SSSR count). The van der Waals surface area contributed by atoms with Crippen LogP contribution >= 0.6 is 11.6 Å². The molecule has 0 spiro atoms. The first kappa shape index (κ1) is 21.0. The van der Waals surface area contributed by atoms with Crippen LogP contribution in [0.15, 0.2) is 23.2 Å². The molecule has 0 heterocycles. The Kier molecular flexibility index (Phi) is 8.39. The Labute approximate surface area is 165 Å². The lowest BCUT2D eigenvalue weighted by atomic mass is 10.2. The fourth-order valence-corrected chi connectivity index (χ4v) is 2.68. The third kappa shape index (κ3) is 7.86. The van der Waals surface area contributed by atoms with E-state index in [0.29, 0.717) is 42.8 Å². The van der Waals surface area contributed by atoms with E-state index in [9.17, 15) is 9.59 Å². The van der Waals surface area contributed by atoms with Crippen LogP contribution in [0.1, 0.15) is 31.7 Å². The molecular weight excluding hydrogens is 366 g/mol. The van der Waals surface area contributed by atoms with Crippen molar-refractivity contribution in [1.29, 1.82) is 0 Å². The minimum absolute atomic E-state index is 0.130. The smallest absolute Gasteiger partial charge is 0.226 e. The van der Waals surface area contributed by atoms with Crippen molar-refractivity contribution in [3.8, 4) is 0 Å². The van der Waals surface area contributed by atoms with Crippen LogP contribution in [0.4, 0.5) is 5.69 Å². The van der Waals surface area contributed by atoms with E-state index in [0.717, 1.165) is 18.4 Å². The van der Waals surface area contributed by atoms with Crippen LogP contribution in [0.2, 0.25) is 5.02 Å².